The number of hydrogen-bond donors (Lipinski definition) is 3. The first-order chi connectivity index (χ1) is 19.4. The van der Waals surface area contributed by atoms with E-state index in [4.69, 9.17) is 21.1 Å². The summed E-state index contributed by atoms with van der Waals surface area (Å²) in [7, 11) is 1.52. The van der Waals surface area contributed by atoms with Crippen molar-refractivity contribution in [2.24, 2.45) is 5.92 Å². The standard InChI is InChI=1S/C29H30ClN5O5/c1-3-23(16-26(36)31-2)40-24-10-8-22(9-11-24)33-29-32-17-25(34-27(37)20-12-14-39-15-13-20)28(38)35(29)18-19-4-6-21(30)7-5-19/h3-11,16-17,20H,1,12-15,18H2,2H3,(H,31,36)(H,32,33)(H,34,37)/b23-16+. The van der Waals surface area contributed by atoms with Crippen molar-refractivity contribution >= 4 is 40.7 Å². The first kappa shape index (κ1) is 28.6. The summed E-state index contributed by atoms with van der Waals surface area (Å²) in [6.45, 7) is 4.89. The Labute approximate surface area is 236 Å². The zero-order valence-electron chi connectivity index (χ0n) is 22.0. The van der Waals surface area contributed by atoms with Crippen LogP contribution >= 0.6 is 11.6 Å². The summed E-state index contributed by atoms with van der Waals surface area (Å²) in [4.78, 5) is 42.4. The molecule has 10 nitrogen and oxygen atoms in total. The Kier molecular flexibility index (Phi) is 9.71. The molecule has 1 aromatic heterocycles. The van der Waals surface area contributed by atoms with Crippen molar-refractivity contribution in [1.29, 1.82) is 0 Å². The number of aromatic nitrogens is 2. The number of rotatable bonds is 10. The maximum Gasteiger partial charge on any atom is 0.279 e. The Morgan fingerprint density at radius 2 is 1.85 bits per heavy atom. The molecule has 0 spiro atoms. The lowest BCUT2D eigenvalue weighted by molar-refractivity contribution is -0.122. The summed E-state index contributed by atoms with van der Waals surface area (Å²) < 4.78 is 12.5. The van der Waals surface area contributed by atoms with Gasteiger partial charge in [0, 0.05) is 43.0 Å². The van der Waals surface area contributed by atoms with Crippen LogP contribution in [0.1, 0.15) is 18.4 Å². The van der Waals surface area contributed by atoms with Crippen molar-refractivity contribution in [3.63, 3.8) is 0 Å². The van der Waals surface area contributed by atoms with Gasteiger partial charge in [-0.1, -0.05) is 30.3 Å². The fourth-order valence-corrected chi connectivity index (χ4v) is 4.12. The maximum absolute atomic E-state index is 13.5. The van der Waals surface area contributed by atoms with Gasteiger partial charge in [0.25, 0.3) is 5.56 Å². The van der Waals surface area contributed by atoms with Crippen LogP contribution in [0.3, 0.4) is 0 Å². The van der Waals surface area contributed by atoms with Gasteiger partial charge in [-0.3, -0.25) is 19.0 Å². The molecular formula is C29H30ClN5O5. The predicted octanol–water partition coefficient (Wildman–Crippen LogP) is 4.25. The maximum atomic E-state index is 13.5. The molecule has 2 heterocycles. The SMILES string of the molecule is C=C/C(=C\C(=O)NC)Oc1ccc(Nc2ncc(NC(=O)C3CCOCC3)c(=O)n2Cc2ccc(Cl)cc2)cc1. The summed E-state index contributed by atoms with van der Waals surface area (Å²) in [5.74, 6) is 0.301. The van der Waals surface area contributed by atoms with Gasteiger partial charge in [0.2, 0.25) is 17.8 Å². The third kappa shape index (κ3) is 7.58. The monoisotopic (exact) mass is 563 g/mol. The van der Waals surface area contributed by atoms with Gasteiger partial charge in [0.05, 0.1) is 12.7 Å². The Morgan fingerprint density at radius 3 is 2.50 bits per heavy atom. The highest BCUT2D eigenvalue weighted by Crippen LogP contribution is 2.22. The van der Waals surface area contributed by atoms with Crippen LogP contribution in [-0.2, 0) is 20.9 Å². The summed E-state index contributed by atoms with van der Waals surface area (Å²) in [6, 6.07) is 14.0. The normalized spacial score (nSPS) is 13.8. The number of carbonyl (C=O) groups excluding carboxylic acids is 2. The fourth-order valence-electron chi connectivity index (χ4n) is 3.99. The van der Waals surface area contributed by atoms with Gasteiger partial charge >= 0.3 is 0 Å². The number of carbonyl (C=O) groups is 2. The Balaban J connectivity index is 1.58. The van der Waals surface area contributed by atoms with Crippen LogP contribution in [0.15, 0.2) is 84.0 Å². The van der Waals surface area contributed by atoms with Crippen LogP contribution in [0.4, 0.5) is 17.3 Å². The Morgan fingerprint density at radius 1 is 1.15 bits per heavy atom. The fraction of sp³-hybridized carbons (Fsp3) is 0.241. The van der Waals surface area contributed by atoms with E-state index in [1.807, 2.05) is 12.1 Å². The third-order valence-corrected chi connectivity index (χ3v) is 6.47. The number of halogens is 1. The number of amides is 2. The van der Waals surface area contributed by atoms with E-state index in [0.29, 0.717) is 42.5 Å². The highest BCUT2D eigenvalue weighted by atomic mass is 35.5. The zero-order chi connectivity index (χ0) is 28.5. The van der Waals surface area contributed by atoms with E-state index in [9.17, 15) is 14.4 Å². The van der Waals surface area contributed by atoms with Gasteiger partial charge in [0.1, 0.15) is 17.2 Å². The molecule has 1 aliphatic rings. The first-order valence-corrected chi connectivity index (χ1v) is 13.1. The smallest absolute Gasteiger partial charge is 0.279 e. The minimum absolute atomic E-state index is 0.0969. The molecule has 11 heteroatoms. The second-order valence-corrected chi connectivity index (χ2v) is 9.44. The minimum atomic E-state index is -0.400. The van der Waals surface area contributed by atoms with E-state index < -0.39 is 5.56 Å². The quantitative estimate of drug-likeness (QED) is 0.191. The molecule has 0 unspecified atom stereocenters. The Hall–Kier alpha value is -4.41. The van der Waals surface area contributed by atoms with E-state index in [-0.39, 0.29) is 41.7 Å². The number of allylic oxidation sites excluding steroid dienone is 1. The molecule has 3 aromatic rings. The predicted molar refractivity (Wildman–Crippen MR) is 154 cm³/mol. The van der Waals surface area contributed by atoms with Crippen LogP contribution in [0.25, 0.3) is 0 Å². The number of anilines is 3. The number of likely N-dealkylation sites (N-methyl/N-ethyl adjacent to an activating group) is 1. The summed E-state index contributed by atoms with van der Waals surface area (Å²) in [5.41, 5.74) is 1.16. The number of benzene rings is 2. The highest BCUT2D eigenvalue weighted by molar-refractivity contribution is 6.30. The van der Waals surface area contributed by atoms with Crippen molar-refractivity contribution in [3.05, 3.63) is 100 Å². The van der Waals surface area contributed by atoms with Crippen LogP contribution in [0.2, 0.25) is 5.02 Å². The molecule has 0 atom stereocenters. The zero-order valence-corrected chi connectivity index (χ0v) is 22.7. The molecule has 2 amide bonds. The average Bonchev–Trinajstić information content (AvgIpc) is 2.98. The number of nitrogens with one attached hydrogen (secondary N) is 3. The second kappa shape index (κ2) is 13.6. The molecular weight excluding hydrogens is 534 g/mol. The second-order valence-electron chi connectivity index (χ2n) is 9.01. The van der Waals surface area contributed by atoms with E-state index in [2.05, 4.69) is 27.5 Å². The van der Waals surface area contributed by atoms with Crippen molar-refractivity contribution in [2.45, 2.75) is 19.4 Å². The van der Waals surface area contributed by atoms with Crippen molar-refractivity contribution in [2.75, 3.05) is 30.9 Å². The summed E-state index contributed by atoms with van der Waals surface area (Å²) in [6.07, 6.45) is 5.29. The molecule has 0 bridgehead atoms. The molecule has 1 aliphatic heterocycles. The van der Waals surface area contributed by atoms with Crippen molar-refractivity contribution in [1.82, 2.24) is 14.9 Å². The largest absolute Gasteiger partial charge is 0.457 e. The molecule has 0 radical (unpaired) electrons. The van der Waals surface area contributed by atoms with Crippen LogP contribution in [0, 0.1) is 5.92 Å². The summed E-state index contributed by atoms with van der Waals surface area (Å²) in [5, 5.41) is 9.00. The molecule has 1 saturated heterocycles. The van der Waals surface area contributed by atoms with Crippen LogP contribution < -0.4 is 26.2 Å². The van der Waals surface area contributed by atoms with Gasteiger partial charge in [-0.05, 0) is 60.9 Å². The van der Waals surface area contributed by atoms with E-state index in [0.717, 1.165) is 5.56 Å². The van der Waals surface area contributed by atoms with Gasteiger partial charge in [-0.2, -0.15) is 0 Å². The van der Waals surface area contributed by atoms with Crippen LogP contribution in [-0.4, -0.2) is 41.6 Å². The van der Waals surface area contributed by atoms with Gasteiger partial charge < -0.3 is 25.4 Å². The number of ether oxygens (including phenoxy) is 2. The Bertz CT molecular complexity index is 1450. The first-order valence-electron chi connectivity index (χ1n) is 12.7. The molecule has 0 saturated carbocycles. The molecule has 1 fully saturated rings. The lowest BCUT2D eigenvalue weighted by Crippen LogP contribution is -2.33. The van der Waals surface area contributed by atoms with Crippen molar-refractivity contribution < 1.29 is 19.1 Å². The van der Waals surface area contributed by atoms with E-state index in [1.54, 1.807) is 36.4 Å². The highest BCUT2D eigenvalue weighted by Gasteiger charge is 2.23. The molecule has 3 N–H and O–H groups in total. The molecule has 0 aliphatic carbocycles. The topological polar surface area (TPSA) is 124 Å². The lowest BCUT2D eigenvalue weighted by Gasteiger charge is -2.21. The average molecular weight is 564 g/mol. The number of hydrogen-bond acceptors (Lipinski definition) is 7. The molecule has 2 aromatic carbocycles. The third-order valence-electron chi connectivity index (χ3n) is 6.22. The van der Waals surface area contributed by atoms with E-state index in [1.165, 1.54) is 30.0 Å². The summed E-state index contributed by atoms with van der Waals surface area (Å²) >= 11 is 6.04. The van der Waals surface area contributed by atoms with Gasteiger partial charge in [-0.15, -0.1) is 0 Å². The lowest BCUT2D eigenvalue weighted by atomic mass is 9.99. The minimum Gasteiger partial charge on any atom is -0.457 e. The van der Waals surface area contributed by atoms with E-state index >= 15 is 0 Å². The number of nitrogens with zero attached hydrogens (tertiary/aromatic N) is 2. The molecule has 208 valence electrons. The molecule has 40 heavy (non-hydrogen) atoms. The van der Waals surface area contributed by atoms with Gasteiger partial charge in [0.15, 0.2) is 0 Å². The van der Waals surface area contributed by atoms with Crippen molar-refractivity contribution in [3.8, 4) is 5.75 Å². The van der Waals surface area contributed by atoms with Crippen LogP contribution in [0.5, 0.6) is 5.75 Å². The molecule has 4 rings (SSSR count). The van der Waals surface area contributed by atoms with Gasteiger partial charge in [-0.25, -0.2) is 4.98 Å².